The molecule has 0 saturated heterocycles. The van der Waals surface area contributed by atoms with Crippen LogP contribution in [-0.2, 0) is 11.2 Å². The Bertz CT molecular complexity index is 318. The molecule has 0 aliphatic carbocycles. The molecule has 1 rings (SSSR count). The van der Waals surface area contributed by atoms with Crippen molar-refractivity contribution in [3.05, 3.63) is 16.7 Å². The van der Waals surface area contributed by atoms with Crippen LogP contribution in [0.5, 0.6) is 5.75 Å². The molecule has 0 N–H and O–H groups in total. The lowest BCUT2D eigenvalue weighted by molar-refractivity contribution is 0.241. The predicted octanol–water partition coefficient (Wildman–Crippen LogP) is 2.37. The van der Waals surface area contributed by atoms with Crippen LogP contribution in [0.25, 0.3) is 0 Å². The highest BCUT2D eigenvalue weighted by molar-refractivity contribution is 9.10. The fourth-order valence-electron chi connectivity index (χ4n) is 0.938. The molecule has 1 heterocycles. The van der Waals surface area contributed by atoms with Gasteiger partial charge in [0.05, 0.1) is 12.2 Å². The number of hydrogen-bond donors (Lipinski definition) is 0. The molecule has 0 spiro atoms. The van der Waals surface area contributed by atoms with Crippen LogP contribution < -0.4 is 4.74 Å². The van der Waals surface area contributed by atoms with Crippen LogP contribution in [0.2, 0.25) is 0 Å². The van der Waals surface area contributed by atoms with Gasteiger partial charge in [-0.15, -0.1) is 0 Å². The SMILES string of the molecule is CC(C)Oc1cc(Br)nc([S+](C)[O-])c1. The largest absolute Gasteiger partial charge is 0.610 e. The van der Waals surface area contributed by atoms with Gasteiger partial charge in [-0.3, -0.25) is 0 Å². The summed E-state index contributed by atoms with van der Waals surface area (Å²) in [5.74, 6) is 0.687. The minimum atomic E-state index is -1.09. The van der Waals surface area contributed by atoms with E-state index in [1.165, 1.54) is 0 Å². The van der Waals surface area contributed by atoms with Gasteiger partial charge in [0.25, 0.3) is 0 Å². The van der Waals surface area contributed by atoms with Gasteiger partial charge in [-0.25, -0.2) is 0 Å². The van der Waals surface area contributed by atoms with Crippen molar-refractivity contribution in [1.29, 1.82) is 0 Å². The van der Waals surface area contributed by atoms with E-state index in [9.17, 15) is 4.55 Å². The summed E-state index contributed by atoms with van der Waals surface area (Å²) in [5.41, 5.74) is 0. The fraction of sp³-hybridized carbons (Fsp3) is 0.444. The molecule has 5 heteroatoms. The second kappa shape index (κ2) is 5.00. The molecule has 78 valence electrons. The van der Waals surface area contributed by atoms with Gasteiger partial charge in [-0.1, -0.05) is 0 Å². The first-order chi connectivity index (χ1) is 6.49. The lowest BCUT2D eigenvalue weighted by Gasteiger charge is -2.11. The molecule has 0 aromatic carbocycles. The Kier molecular flexibility index (Phi) is 4.22. The number of ether oxygens (including phenoxy) is 1. The molecule has 0 amide bonds. The highest BCUT2D eigenvalue weighted by Crippen LogP contribution is 2.21. The molecule has 1 unspecified atom stereocenters. The average Bonchev–Trinajstić information content (AvgIpc) is 2.01. The van der Waals surface area contributed by atoms with Crippen molar-refractivity contribution in [2.24, 2.45) is 0 Å². The van der Waals surface area contributed by atoms with Crippen molar-refractivity contribution in [1.82, 2.24) is 4.98 Å². The maximum atomic E-state index is 11.2. The lowest BCUT2D eigenvalue weighted by Crippen LogP contribution is -2.07. The monoisotopic (exact) mass is 277 g/mol. The quantitative estimate of drug-likeness (QED) is 0.630. The smallest absolute Gasteiger partial charge is 0.249 e. The molecule has 0 fully saturated rings. The average molecular weight is 278 g/mol. The molecule has 1 atom stereocenters. The highest BCUT2D eigenvalue weighted by atomic mass is 79.9. The van der Waals surface area contributed by atoms with Gasteiger partial charge in [0.15, 0.2) is 0 Å². The number of pyridine rings is 1. The molecule has 3 nitrogen and oxygen atoms in total. The summed E-state index contributed by atoms with van der Waals surface area (Å²) in [6.45, 7) is 3.88. The molecule has 0 aliphatic heterocycles. The minimum Gasteiger partial charge on any atom is -0.610 e. The van der Waals surface area contributed by atoms with Crippen molar-refractivity contribution in [2.75, 3.05) is 6.26 Å². The van der Waals surface area contributed by atoms with E-state index in [1.54, 1.807) is 18.4 Å². The van der Waals surface area contributed by atoms with Crippen molar-refractivity contribution >= 4 is 27.1 Å². The number of rotatable bonds is 3. The van der Waals surface area contributed by atoms with E-state index in [1.807, 2.05) is 13.8 Å². The second-order valence-corrected chi connectivity index (χ2v) is 5.22. The lowest BCUT2D eigenvalue weighted by atomic mass is 10.4. The zero-order valence-electron chi connectivity index (χ0n) is 8.28. The molecule has 0 bridgehead atoms. The van der Waals surface area contributed by atoms with Crippen molar-refractivity contribution < 1.29 is 9.29 Å². The first kappa shape index (κ1) is 11.8. The molecule has 1 aromatic rings. The first-order valence-electron chi connectivity index (χ1n) is 4.16. The summed E-state index contributed by atoms with van der Waals surface area (Å²) < 4.78 is 17.3. The van der Waals surface area contributed by atoms with E-state index in [4.69, 9.17) is 4.74 Å². The Morgan fingerprint density at radius 1 is 1.50 bits per heavy atom. The molecule has 0 aliphatic rings. The number of aromatic nitrogens is 1. The van der Waals surface area contributed by atoms with Crippen LogP contribution in [0.4, 0.5) is 0 Å². The van der Waals surface area contributed by atoms with Crippen LogP contribution in [0.3, 0.4) is 0 Å². The normalized spacial score (nSPS) is 13.0. The van der Waals surface area contributed by atoms with E-state index < -0.39 is 11.2 Å². The van der Waals surface area contributed by atoms with Gasteiger partial charge in [-0.05, 0) is 29.8 Å². The summed E-state index contributed by atoms with van der Waals surface area (Å²) >= 11 is 2.16. The zero-order chi connectivity index (χ0) is 10.7. The standard InChI is InChI=1S/C9H12BrNO2S/c1-6(2)13-7-4-8(10)11-9(5-7)14(3)12/h4-6H,1-3H3. The fourth-order valence-corrected chi connectivity index (χ4v) is 1.98. The van der Waals surface area contributed by atoms with Crippen molar-refractivity contribution in [2.45, 2.75) is 25.0 Å². The Hall–Kier alpha value is -0.260. The van der Waals surface area contributed by atoms with E-state index in [0.29, 0.717) is 15.4 Å². The Morgan fingerprint density at radius 2 is 2.14 bits per heavy atom. The molecular formula is C9H12BrNO2S. The summed E-state index contributed by atoms with van der Waals surface area (Å²) in [6, 6.07) is 3.46. The van der Waals surface area contributed by atoms with E-state index >= 15 is 0 Å². The maximum Gasteiger partial charge on any atom is 0.249 e. The summed E-state index contributed by atoms with van der Waals surface area (Å²) in [5, 5.41) is 0.523. The van der Waals surface area contributed by atoms with Crippen molar-refractivity contribution in [3.8, 4) is 5.75 Å². The summed E-state index contributed by atoms with van der Waals surface area (Å²) in [6.07, 6.45) is 1.69. The van der Waals surface area contributed by atoms with Crippen molar-refractivity contribution in [3.63, 3.8) is 0 Å². The van der Waals surface area contributed by atoms with E-state index in [-0.39, 0.29) is 6.10 Å². The van der Waals surface area contributed by atoms with Crippen LogP contribution in [0.1, 0.15) is 13.8 Å². The third-order valence-corrected chi connectivity index (χ3v) is 2.61. The van der Waals surface area contributed by atoms with Gasteiger partial charge in [-0.2, -0.15) is 4.98 Å². The summed E-state index contributed by atoms with van der Waals surface area (Å²) in [7, 11) is 0. The van der Waals surface area contributed by atoms with Gasteiger partial charge in [0.1, 0.15) is 16.6 Å². The molecule has 0 radical (unpaired) electrons. The van der Waals surface area contributed by atoms with E-state index in [2.05, 4.69) is 20.9 Å². The highest BCUT2D eigenvalue weighted by Gasteiger charge is 2.10. The number of nitrogens with zero attached hydrogens (tertiary/aromatic N) is 1. The van der Waals surface area contributed by atoms with Crippen LogP contribution in [-0.4, -0.2) is 21.9 Å². The maximum absolute atomic E-state index is 11.2. The second-order valence-electron chi connectivity index (χ2n) is 3.08. The van der Waals surface area contributed by atoms with Crippen LogP contribution >= 0.6 is 15.9 Å². The predicted molar refractivity (Wildman–Crippen MR) is 60.0 cm³/mol. The Labute approximate surface area is 95.2 Å². The minimum absolute atomic E-state index is 0.0995. The van der Waals surface area contributed by atoms with Gasteiger partial charge in [0, 0.05) is 17.2 Å². The van der Waals surface area contributed by atoms with Gasteiger partial charge in [0.2, 0.25) is 5.03 Å². The molecule has 1 aromatic heterocycles. The summed E-state index contributed by atoms with van der Waals surface area (Å²) in [4.78, 5) is 4.08. The Morgan fingerprint density at radius 3 is 2.64 bits per heavy atom. The third kappa shape index (κ3) is 3.48. The van der Waals surface area contributed by atoms with Gasteiger partial charge < -0.3 is 9.29 Å². The van der Waals surface area contributed by atoms with E-state index in [0.717, 1.165) is 0 Å². The topological polar surface area (TPSA) is 45.2 Å². The Balaban J connectivity index is 2.95. The molecule has 14 heavy (non-hydrogen) atoms. The molecule has 0 saturated carbocycles. The third-order valence-electron chi connectivity index (χ3n) is 1.41. The zero-order valence-corrected chi connectivity index (χ0v) is 10.7. The first-order valence-corrected chi connectivity index (χ1v) is 6.52. The number of halogens is 1. The molecular weight excluding hydrogens is 266 g/mol. The van der Waals surface area contributed by atoms with Crippen LogP contribution in [0.15, 0.2) is 21.8 Å². The van der Waals surface area contributed by atoms with Crippen LogP contribution in [0, 0.1) is 0 Å². The number of hydrogen-bond acceptors (Lipinski definition) is 3. The van der Waals surface area contributed by atoms with Gasteiger partial charge >= 0.3 is 0 Å².